The Labute approximate surface area is 92.6 Å². The minimum absolute atomic E-state index is 0.215. The van der Waals surface area contributed by atoms with Crippen LogP contribution in [0.5, 0.6) is 0 Å². The maximum atomic E-state index is 13.3. The van der Waals surface area contributed by atoms with Crippen molar-refractivity contribution in [1.29, 1.82) is 0 Å². The zero-order valence-corrected chi connectivity index (χ0v) is 8.97. The molecule has 16 heavy (non-hydrogen) atoms. The second-order valence-electron chi connectivity index (χ2n) is 3.35. The van der Waals surface area contributed by atoms with Gasteiger partial charge in [-0.25, -0.2) is 0 Å². The number of alkyl halides is 2. The first-order chi connectivity index (χ1) is 7.51. The molecule has 3 N–H and O–H groups in total. The predicted molar refractivity (Wildman–Crippen MR) is 57.4 cm³/mol. The Kier molecular flexibility index (Phi) is 3.95. The molecule has 0 saturated heterocycles. The molecule has 0 radical (unpaired) electrons. The number of hydrogen-bond acceptors (Lipinski definition) is 2. The van der Waals surface area contributed by atoms with E-state index in [1.807, 2.05) is 0 Å². The van der Waals surface area contributed by atoms with E-state index in [1.165, 1.54) is 18.2 Å². The fourth-order valence-corrected chi connectivity index (χ4v) is 1.27. The van der Waals surface area contributed by atoms with E-state index in [0.29, 0.717) is 6.54 Å². The minimum atomic E-state index is -3.09. The van der Waals surface area contributed by atoms with Gasteiger partial charge in [0.25, 0.3) is 11.8 Å². The summed E-state index contributed by atoms with van der Waals surface area (Å²) in [6.45, 7) is 1.44. The Bertz CT molecular complexity index is 380. The van der Waals surface area contributed by atoms with Crippen LogP contribution in [0.3, 0.4) is 0 Å². The Morgan fingerprint density at radius 2 is 2.19 bits per heavy atom. The van der Waals surface area contributed by atoms with Crippen molar-refractivity contribution in [1.82, 2.24) is 5.32 Å². The van der Waals surface area contributed by atoms with Gasteiger partial charge in [-0.05, 0) is 19.1 Å². The molecule has 0 bridgehead atoms. The molecule has 0 unspecified atom stereocenters. The number of nitrogens with two attached hydrogens (primary N) is 1. The average Bonchev–Trinajstić information content (AvgIpc) is 2.29. The van der Waals surface area contributed by atoms with E-state index < -0.39 is 12.5 Å². The topological polar surface area (TPSA) is 55.1 Å². The van der Waals surface area contributed by atoms with Crippen molar-refractivity contribution in [2.45, 2.75) is 12.8 Å². The lowest BCUT2D eigenvalue weighted by Crippen LogP contribution is -2.27. The number of carbonyl (C=O) groups excluding carboxylic acids is 1. The average molecular weight is 228 g/mol. The molecule has 0 atom stereocenters. The molecular weight excluding hydrogens is 214 g/mol. The van der Waals surface area contributed by atoms with Gasteiger partial charge in [-0.15, -0.1) is 0 Å². The van der Waals surface area contributed by atoms with Crippen LogP contribution < -0.4 is 11.1 Å². The first-order valence-electron chi connectivity index (χ1n) is 4.98. The van der Waals surface area contributed by atoms with Crippen LogP contribution in [0.1, 0.15) is 22.8 Å². The fraction of sp³-hybridized carbons (Fsp3) is 0.364. The molecule has 3 nitrogen and oxygen atoms in total. The molecule has 0 aliphatic carbocycles. The number of amides is 1. The molecule has 0 saturated carbocycles. The van der Waals surface area contributed by atoms with Crippen LogP contribution in [0, 0.1) is 0 Å². The summed E-state index contributed by atoms with van der Waals surface area (Å²) in [5.74, 6) is -3.46. The molecule has 1 amide bonds. The predicted octanol–water partition coefficient (Wildman–Crippen LogP) is 1.49. The number of nitrogens with one attached hydrogen (secondary N) is 1. The Hall–Kier alpha value is -1.49. The first kappa shape index (κ1) is 12.6. The number of carbonyl (C=O) groups is 1. The SMILES string of the molecule is CCNC(=O)c1cccc(C(F)(F)CN)c1. The molecule has 0 heterocycles. The molecule has 1 aromatic carbocycles. The lowest BCUT2D eigenvalue weighted by molar-refractivity contribution is 0.00591. The smallest absolute Gasteiger partial charge is 0.285 e. The number of hydrogen-bond donors (Lipinski definition) is 2. The van der Waals surface area contributed by atoms with Gasteiger partial charge in [0.15, 0.2) is 0 Å². The maximum absolute atomic E-state index is 13.3. The van der Waals surface area contributed by atoms with Gasteiger partial charge in [0.2, 0.25) is 0 Å². The summed E-state index contributed by atoms with van der Waals surface area (Å²) in [6, 6.07) is 5.33. The summed E-state index contributed by atoms with van der Waals surface area (Å²) in [5, 5.41) is 2.54. The normalized spacial score (nSPS) is 11.2. The van der Waals surface area contributed by atoms with Crippen LogP contribution in [-0.4, -0.2) is 19.0 Å². The van der Waals surface area contributed by atoms with Crippen LogP contribution in [-0.2, 0) is 5.92 Å². The summed E-state index contributed by atoms with van der Waals surface area (Å²) in [4.78, 5) is 11.4. The van der Waals surface area contributed by atoms with Gasteiger partial charge in [0.1, 0.15) is 0 Å². The van der Waals surface area contributed by atoms with Gasteiger partial charge in [-0.1, -0.05) is 12.1 Å². The zero-order chi connectivity index (χ0) is 12.2. The Morgan fingerprint density at radius 3 is 2.75 bits per heavy atom. The third kappa shape index (κ3) is 2.76. The van der Waals surface area contributed by atoms with Gasteiger partial charge >= 0.3 is 0 Å². The zero-order valence-electron chi connectivity index (χ0n) is 8.97. The van der Waals surface area contributed by atoms with Gasteiger partial charge in [-0.3, -0.25) is 4.79 Å². The quantitative estimate of drug-likeness (QED) is 0.820. The highest BCUT2D eigenvalue weighted by atomic mass is 19.3. The van der Waals surface area contributed by atoms with E-state index >= 15 is 0 Å². The standard InChI is InChI=1S/C11H14F2N2O/c1-2-15-10(16)8-4-3-5-9(6-8)11(12,13)7-14/h3-6H,2,7,14H2,1H3,(H,15,16). The van der Waals surface area contributed by atoms with Crippen molar-refractivity contribution < 1.29 is 13.6 Å². The summed E-state index contributed by atoms with van der Waals surface area (Å²) < 4.78 is 26.5. The second kappa shape index (κ2) is 5.03. The highest BCUT2D eigenvalue weighted by molar-refractivity contribution is 5.94. The third-order valence-corrected chi connectivity index (χ3v) is 2.14. The summed E-state index contributed by atoms with van der Waals surface area (Å²) in [5.41, 5.74) is 4.95. The number of halogens is 2. The Balaban J connectivity index is 3.00. The molecule has 0 aliphatic rings. The summed E-state index contributed by atoms with van der Waals surface area (Å²) in [6.07, 6.45) is 0. The van der Waals surface area contributed by atoms with Crippen molar-refractivity contribution in [2.75, 3.05) is 13.1 Å². The highest BCUT2D eigenvalue weighted by Gasteiger charge is 2.29. The van der Waals surface area contributed by atoms with E-state index in [1.54, 1.807) is 6.92 Å². The van der Waals surface area contributed by atoms with Crippen LogP contribution in [0.2, 0.25) is 0 Å². The molecular formula is C11H14F2N2O. The Morgan fingerprint density at radius 1 is 1.50 bits per heavy atom. The van der Waals surface area contributed by atoms with Crippen molar-refractivity contribution in [3.8, 4) is 0 Å². The largest absolute Gasteiger partial charge is 0.352 e. The van der Waals surface area contributed by atoms with Crippen molar-refractivity contribution in [3.63, 3.8) is 0 Å². The number of rotatable bonds is 4. The van der Waals surface area contributed by atoms with Crippen molar-refractivity contribution in [3.05, 3.63) is 35.4 Å². The van der Waals surface area contributed by atoms with Gasteiger partial charge in [0, 0.05) is 17.7 Å². The molecule has 0 aromatic heterocycles. The first-order valence-corrected chi connectivity index (χ1v) is 4.98. The molecule has 88 valence electrons. The maximum Gasteiger partial charge on any atom is 0.285 e. The minimum Gasteiger partial charge on any atom is -0.352 e. The second-order valence-corrected chi connectivity index (χ2v) is 3.35. The van der Waals surface area contributed by atoms with Gasteiger partial charge in [-0.2, -0.15) is 8.78 Å². The van der Waals surface area contributed by atoms with Crippen LogP contribution in [0.15, 0.2) is 24.3 Å². The van der Waals surface area contributed by atoms with Crippen LogP contribution >= 0.6 is 0 Å². The van der Waals surface area contributed by atoms with E-state index in [0.717, 1.165) is 6.07 Å². The van der Waals surface area contributed by atoms with Crippen molar-refractivity contribution >= 4 is 5.91 Å². The molecule has 1 aromatic rings. The van der Waals surface area contributed by atoms with Crippen molar-refractivity contribution in [2.24, 2.45) is 5.73 Å². The fourth-order valence-electron chi connectivity index (χ4n) is 1.27. The highest BCUT2D eigenvalue weighted by Crippen LogP contribution is 2.26. The van der Waals surface area contributed by atoms with Gasteiger partial charge < -0.3 is 11.1 Å². The monoisotopic (exact) mass is 228 g/mol. The van der Waals surface area contributed by atoms with E-state index in [-0.39, 0.29) is 17.0 Å². The molecule has 0 spiro atoms. The van der Waals surface area contributed by atoms with E-state index in [2.05, 4.69) is 5.32 Å². The van der Waals surface area contributed by atoms with Crippen LogP contribution in [0.25, 0.3) is 0 Å². The molecule has 1 rings (SSSR count). The lowest BCUT2D eigenvalue weighted by atomic mass is 10.0. The van der Waals surface area contributed by atoms with Gasteiger partial charge in [0.05, 0.1) is 6.54 Å². The molecule has 0 fully saturated rings. The molecule has 0 aliphatic heterocycles. The number of benzene rings is 1. The van der Waals surface area contributed by atoms with E-state index in [4.69, 9.17) is 5.73 Å². The van der Waals surface area contributed by atoms with E-state index in [9.17, 15) is 13.6 Å². The van der Waals surface area contributed by atoms with Crippen LogP contribution in [0.4, 0.5) is 8.78 Å². The third-order valence-electron chi connectivity index (χ3n) is 2.14. The summed E-state index contributed by atoms with van der Waals surface area (Å²) >= 11 is 0. The molecule has 5 heteroatoms. The lowest BCUT2D eigenvalue weighted by Gasteiger charge is -2.14. The summed E-state index contributed by atoms with van der Waals surface area (Å²) in [7, 11) is 0.